The van der Waals surface area contributed by atoms with Crippen LogP contribution in [0.3, 0.4) is 0 Å². The minimum absolute atomic E-state index is 0.0818. The van der Waals surface area contributed by atoms with Crippen LogP contribution in [0.5, 0.6) is 0 Å². The van der Waals surface area contributed by atoms with Crippen LogP contribution in [-0.4, -0.2) is 39.1 Å². The van der Waals surface area contributed by atoms with Gasteiger partial charge in [-0.25, -0.2) is 9.97 Å². The summed E-state index contributed by atoms with van der Waals surface area (Å²) in [5.41, 5.74) is 1.96. The number of alkyl halides is 3. The minimum Gasteiger partial charge on any atom is -0.360 e. The predicted octanol–water partition coefficient (Wildman–Crippen LogP) is 4.87. The van der Waals surface area contributed by atoms with E-state index in [2.05, 4.69) is 30.6 Å². The first kappa shape index (κ1) is 20.4. The van der Waals surface area contributed by atoms with E-state index in [0.717, 1.165) is 48.8 Å². The van der Waals surface area contributed by atoms with E-state index in [4.69, 9.17) is 0 Å². The molecule has 0 bridgehead atoms. The number of hydrogen-bond acceptors (Lipinski definition) is 5. The molecule has 4 heterocycles. The smallest absolute Gasteiger partial charge is 0.360 e. The average Bonchev–Trinajstić information content (AvgIpc) is 3.23. The number of pyridine rings is 1. The number of H-pyrrole nitrogens is 1. The van der Waals surface area contributed by atoms with E-state index in [1.54, 1.807) is 18.6 Å². The first-order valence-electron chi connectivity index (χ1n) is 10.4. The molecule has 0 amide bonds. The van der Waals surface area contributed by atoms with Gasteiger partial charge in [0.05, 0.1) is 5.69 Å². The maximum absolute atomic E-state index is 13.8. The van der Waals surface area contributed by atoms with Gasteiger partial charge in [-0.15, -0.1) is 0 Å². The fourth-order valence-corrected chi connectivity index (χ4v) is 4.06. The van der Waals surface area contributed by atoms with Gasteiger partial charge in [-0.2, -0.15) is 13.2 Å². The van der Waals surface area contributed by atoms with Crippen molar-refractivity contribution in [2.24, 2.45) is 0 Å². The summed E-state index contributed by atoms with van der Waals surface area (Å²) in [6, 6.07) is 9.44. The van der Waals surface area contributed by atoms with Crippen LogP contribution < -0.4 is 10.6 Å². The van der Waals surface area contributed by atoms with Gasteiger partial charge >= 0.3 is 6.18 Å². The number of rotatable bonds is 4. The van der Waals surface area contributed by atoms with Crippen LogP contribution >= 0.6 is 0 Å². The topological polar surface area (TPSA) is 78.5 Å². The molecule has 1 saturated heterocycles. The van der Waals surface area contributed by atoms with Gasteiger partial charge in [-0.3, -0.25) is 4.98 Å². The highest BCUT2D eigenvalue weighted by molar-refractivity contribution is 5.97. The zero-order valence-electron chi connectivity index (χ0n) is 17.1. The van der Waals surface area contributed by atoms with Crippen LogP contribution in [0.2, 0.25) is 0 Å². The molecule has 0 unspecified atom stereocenters. The number of halogens is 3. The van der Waals surface area contributed by atoms with Gasteiger partial charge in [0.15, 0.2) is 0 Å². The summed E-state index contributed by atoms with van der Waals surface area (Å²) in [5.74, 6) is 0.197. The van der Waals surface area contributed by atoms with Crippen molar-refractivity contribution in [3.05, 3.63) is 60.7 Å². The van der Waals surface area contributed by atoms with Crippen LogP contribution in [0.25, 0.3) is 33.3 Å². The number of anilines is 1. The number of aromatic nitrogens is 4. The first-order chi connectivity index (χ1) is 15.5. The lowest BCUT2D eigenvalue weighted by molar-refractivity contribution is -0.137. The van der Waals surface area contributed by atoms with Crippen molar-refractivity contribution in [1.82, 2.24) is 25.3 Å². The highest BCUT2D eigenvalue weighted by Crippen LogP contribution is 2.39. The average molecular weight is 438 g/mol. The van der Waals surface area contributed by atoms with Crippen molar-refractivity contribution in [3.8, 4) is 22.4 Å². The van der Waals surface area contributed by atoms with E-state index in [9.17, 15) is 13.2 Å². The number of aromatic amines is 1. The van der Waals surface area contributed by atoms with Crippen LogP contribution in [-0.2, 0) is 6.18 Å². The summed E-state index contributed by atoms with van der Waals surface area (Å²) in [6.07, 6.45) is 3.21. The molecule has 3 N–H and O–H groups in total. The normalized spacial score (nSPS) is 16.9. The Morgan fingerprint density at radius 1 is 1.09 bits per heavy atom. The molecule has 32 heavy (non-hydrogen) atoms. The molecular formula is C23H21F3N6. The second kappa shape index (κ2) is 8.23. The molecule has 0 radical (unpaired) electrons. The third-order valence-electron chi connectivity index (χ3n) is 5.66. The number of fused-ring (bicyclic) bond motifs is 1. The lowest BCUT2D eigenvalue weighted by atomic mass is 10.0. The number of nitrogens with zero attached hydrogens (tertiary/aromatic N) is 3. The molecule has 4 aromatic rings. The molecule has 1 atom stereocenters. The molecule has 6 nitrogen and oxygen atoms in total. The second-order valence-corrected chi connectivity index (χ2v) is 7.85. The number of piperidine rings is 1. The maximum atomic E-state index is 13.8. The highest BCUT2D eigenvalue weighted by atomic mass is 19.4. The molecule has 0 aliphatic carbocycles. The molecule has 1 aliphatic heterocycles. The zero-order chi connectivity index (χ0) is 22.1. The SMILES string of the molecule is FC(F)(F)c1cnc(N[C@H]2CCCNC2)nc1-c1c[nH]c2cc(-c3cccnc3)ccc12. The molecule has 3 aromatic heterocycles. The predicted molar refractivity (Wildman–Crippen MR) is 117 cm³/mol. The summed E-state index contributed by atoms with van der Waals surface area (Å²) in [4.78, 5) is 15.5. The van der Waals surface area contributed by atoms with E-state index >= 15 is 0 Å². The Labute approximate surface area is 182 Å². The summed E-state index contributed by atoms with van der Waals surface area (Å²) < 4.78 is 41.4. The number of nitrogens with one attached hydrogen (secondary N) is 3. The minimum atomic E-state index is -4.57. The third-order valence-corrected chi connectivity index (χ3v) is 5.66. The Balaban J connectivity index is 1.56. The van der Waals surface area contributed by atoms with E-state index < -0.39 is 11.7 Å². The fraction of sp³-hybridized carbons (Fsp3) is 0.261. The van der Waals surface area contributed by atoms with Gasteiger partial charge in [0.25, 0.3) is 0 Å². The number of hydrogen-bond donors (Lipinski definition) is 3. The Morgan fingerprint density at radius 2 is 2.00 bits per heavy atom. The molecule has 0 spiro atoms. The lowest BCUT2D eigenvalue weighted by Gasteiger charge is -2.24. The van der Waals surface area contributed by atoms with Crippen LogP contribution in [0.15, 0.2) is 55.1 Å². The molecule has 0 saturated carbocycles. The van der Waals surface area contributed by atoms with E-state index in [1.165, 1.54) is 0 Å². The van der Waals surface area contributed by atoms with Gasteiger partial charge in [-0.1, -0.05) is 18.2 Å². The van der Waals surface area contributed by atoms with Crippen LogP contribution in [0, 0.1) is 0 Å². The second-order valence-electron chi connectivity index (χ2n) is 7.85. The molecule has 5 rings (SSSR count). The fourth-order valence-electron chi connectivity index (χ4n) is 4.06. The number of benzene rings is 1. The van der Waals surface area contributed by atoms with Crippen molar-refractivity contribution in [1.29, 1.82) is 0 Å². The zero-order valence-corrected chi connectivity index (χ0v) is 17.1. The molecule has 1 aromatic carbocycles. The third kappa shape index (κ3) is 4.03. The van der Waals surface area contributed by atoms with Crippen LogP contribution in [0.1, 0.15) is 18.4 Å². The van der Waals surface area contributed by atoms with E-state index in [1.807, 2.05) is 30.3 Å². The van der Waals surface area contributed by atoms with Crippen molar-refractivity contribution in [3.63, 3.8) is 0 Å². The van der Waals surface area contributed by atoms with Gasteiger partial charge in [-0.05, 0) is 37.1 Å². The van der Waals surface area contributed by atoms with E-state index in [0.29, 0.717) is 10.9 Å². The first-order valence-corrected chi connectivity index (χ1v) is 10.4. The monoisotopic (exact) mass is 438 g/mol. The highest BCUT2D eigenvalue weighted by Gasteiger charge is 2.36. The summed E-state index contributed by atoms with van der Waals surface area (Å²) >= 11 is 0. The maximum Gasteiger partial charge on any atom is 0.419 e. The van der Waals surface area contributed by atoms with Crippen molar-refractivity contribution in [2.45, 2.75) is 25.1 Å². The van der Waals surface area contributed by atoms with Gasteiger partial charge in [0.1, 0.15) is 5.56 Å². The molecule has 164 valence electrons. The van der Waals surface area contributed by atoms with Gasteiger partial charge in [0, 0.05) is 59.4 Å². The Bertz CT molecular complexity index is 1230. The van der Waals surface area contributed by atoms with E-state index in [-0.39, 0.29) is 17.7 Å². The Kier molecular flexibility index (Phi) is 5.26. The van der Waals surface area contributed by atoms with Gasteiger partial charge in [0.2, 0.25) is 5.95 Å². The van der Waals surface area contributed by atoms with Gasteiger partial charge < -0.3 is 15.6 Å². The van der Waals surface area contributed by atoms with Crippen molar-refractivity contribution in [2.75, 3.05) is 18.4 Å². The largest absolute Gasteiger partial charge is 0.419 e. The molecular weight excluding hydrogens is 417 g/mol. The standard InChI is InChI=1S/C23H21F3N6/c24-23(25,26)19-13-30-22(31-16-4-2-8-28-11-16)32-21(19)18-12-29-20-9-14(5-6-17(18)20)15-3-1-7-27-10-15/h1,3,5-7,9-10,12-13,16,28-29H,2,4,8,11H2,(H,30,31,32)/t16-/m0/s1. The van der Waals surface area contributed by atoms with Crippen LogP contribution in [0.4, 0.5) is 19.1 Å². The quantitative estimate of drug-likeness (QED) is 0.424. The summed E-state index contributed by atoms with van der Waals surface area (Å²) in [5, 5.41) is 7.10. The van der Waals surface area contributed by atoms with Crippen molar-refractivity contribution >= 4 is 16.9 Å². The molecule has 1 fully saturated rings. The molecule has 1 aliphatic rings. The Hall–Kier alpha value is -3.46. The Morgan fingerprint density at radius 3 is 2.75 bits per heavy atom. The lowest BCUT2D eigenvalue weighted by Crippen LogP contribution is -2.38. The summed E-state index contributed by atoms with van der Waals surface area (Å²) in [6.45, 7) is 1.66. The summed E-state index contributed by atoms with van der Waals surface area (Å²) in [7, 11) is 0. The van der Waals surface area contributed by atoms with Crippen molar-refractivity contribution < 1.29 is 13.2 Å². The molecule has 9 heteroatoms.